The summed E-state index contributed by atoms with van der Waals surface area (Å²) in [6, 6.07) is -0.962. The zero-order valence-electron chi connectivity index (χ0n) is 10.9. The van der Waals surface area contributed by atoms with Gasteiger partial charge in [-0.1, -0.05) is 13.8 Å². The molecule has 0 aromatic heterocycles. The van der Waals surface area contributed by atoms with Crippen LogP contribution in [0.5, 0.6) is 0 Å². The van der Waals surface area contributed by atoms with Crippen molar-refractivity contribution in [3.63, 3.8) is 0 Å². The Morgan fingerprint density at radius 3 is 2.05 bits per heavy atom. The lowest BCUT2D eigenvalue weighted by molar-refractivity contribution is -0.142. The van der Waals surface area contributed by atoms with Gasteiger partial charge in [-0.05, 0) is 5.92 Å². The predicted molar refractivity (Wildman–Crippen MR) is 64.4 cm³/mol. The fourth-order valence-corrected chi connectivity index (χ4v) is 1.43. The molecule has 4 unspecified atom stereocenters. The van der Waals surface area contributed by atoms with Crippen LogP contribution in [0.15, 0.2) is 0 Å². The average Bonchev–Trinajstić information content (AvgIpc) is 2.34. The molecule has 0 heterocycles. The standard InChI is InChI=1S/C11H21NO7/c1-5(2)8(11(18)19)12-3-6(14)9(16)10(17)7(15)4-13/h5,7-10,12-13,15-17H,3-4H2,1-2H3,(H,18,19). The molecule has 0 spiro atoms. The highest BCUT2D eigenvalue weighted by Crippen LogP contribution is 2.04. The third-order valence-electron chi connectivity index (χ3n) is 2.66. The van der Waals surface area contributed by atoms with Crippen LogP contribution >= 0.6 is 0 Å². The van der Waals surface area contributed by atoms with Gasteiger partial charge in [0.15, 0.2) is 5.78 Å². The van der Waals surface area contributed by atoms with Gasteiger partial charge in [0.2, 0.25) is 0 Å². The van der Waals surface area contributed by atoms with E-state index in [0.29, 0.717) is 0 Å². The maximum absolute atomic E-state index is 11.5. The molecule has 6 N–H and O–H groups in total. The number of carboxylic acid groups (broad SMARTS) is 1. The van der Waals surface area contributed by atoms with Gasteiger partial charge in [-0.3, -0.25) is 14.9 Å². The summed E-state index contributed by atoms with van der Waals surface area (Å²) in [4.78, 5) is 22.3. The van der Waals surface area contributed by atoms with E-state index in [0.717, 1.165) is 0 Å². The van der Waals surface area contributed by atoms with Crippen molar-refractivity contribution >= 4 is 11.8 Å². The zero-order chi connectivity index (χ0) is 15.2. The number of aliphatic hydroxyl groups is 4. The molecular formula is C11H21NO7. The first kappa shape index (κ1) is 17.9. The van der Waals surface area contributed by atoms with Crippen molar-refractivity contribution in [2.24, 2.45) is 5.92 Å². The Morgan fingerprint density at radius 2 is 1.68 bits per heavy atom. The van der Waals surface area contributed by atoms with Crippen LogP contribution in [0, 0.1) is 5.92 Å². The lowest BCUT2D eigenvalue weighted by atomic mass is 10.0. The van der Waals surface area contributed by atoms with Gasteiger partial charge in [-0.25, -0.2) is 0 Å². The molecule has 0 aromatic carbocycles. The average molecular weight is 279 g/mol. The van der Waals surface area contributed by atoms with E-state index in [4.69, 9.17) is 15.3 Å². The minimum atomic E-state index is -1.89. The van der Waals surface area contributed by atoms with Gasteiger partial charge in [0, 0.05) is 0 Å². The summed E-state index contributed by atoms with van der Waals surface area (Å²) in [6.45, 7) is 2.03. The molecule has 19 heavy (non-hydrogen) atoms. The first-order valence-corrected chi connectivity index (χ1v) is 5.86. The van der Waals surface area contributed by atoms with Crippen LogP contribution in [0.4, 0.5) is 0 Å². The fourth-order valence-electron chi connectivity index (χ4n) is 1.43. The highest BCUT2D eigenvalue weighted by Gasteiger charge is 2.30. The van der Waals surface area contributed by atoms with Crippen LogP contribution in [0.1, 0.15) is 13.8 Å². The van der Waals surface area contributed by atoms with Gasteiger partial charge < -0.3 is 25.5 Å². The van der Waals surface area contributed by atoms with E-state index in [1.165, 1.54) is 0 Å². The van der Waals surface area contributed by atoms with Crippen molar-refractivity contribution in [3.05, 3.63) is 0 Å². The van der Waals surface area contributed by atoms with Crippen LogP contribution in [-0.2, 0) is 9.59 Å². The molecule has 0 saturated heterocycles. The van der Waals surface area contributed by atoms with E-state index < -0.39 is 49.3 Å². The molecule has 0 saturated carbocycles. The Bertz CT molecular complexity index is 307. The molecule has 0 aliphatic carbocycles. The molecule has 4 atom stereocenters. The number of aliphatic hydroxyl groups excluding tert-OH is 4. The molecule has 0 rings (SSSR count). The second-order valence-corrected chi connectivity index (χ2v) is 4.59. The molecule has 0 fully saturated rings. The van der Waals surface area contributed by atoms with Gasteiger partial charge in [0.25, 0.3) is 0 Å². The molecule has 0 aliphatic heterocycles. The Hall–Kier alpha value is -1.06. The van der Waals surface area contributed by atoms with E-state index in [9.17, 15) is 19.8 Å². The van der Waals surface area contributed by atoms with E-state index in [1.54, 1.807) is 13.8 Å². The molecular weight excluding hydrogens is 258 g/mol. The first-order valence-electron chi connectivity index (χ1n) is 5.86. The van der Waals surface area contributed by atoms with Crippen LogP contribution in [0.3, 0.4) is 0 Å². The van der Waals surface area contributed by atoms with Crippen molar-refractivity contribution < 1.29 is 35.1 Å². The predicted octanol–water partition coefficient (Wildman–Crippen LogP) is -2.67. The molecule has 8 heteroatoms. The highest BCUT2D eigenvalue weighted by atomic mass is 16.4. The summed E-state index contributed by atoms with van der Waals surface area (Å²) < 4.78 is 0. The Morgan fingerprint density at radius 1 is 1.16 bits per heavy atom. The number of hydrogen-bond acceptors (Lipinski definition) is 7. The smallest absolute Gasteiger partial charge is 0.320 e. The molecule has 112 valence electrons. The Labute approximate surface area is 110 Å². The Balaban J connectivity index is 4.41. The number of nitrogens with one attached hydrogen (secondary N) is 1. The van der Waals surface area contributed by atoms with Gasteiger partial charge in [0.1, 0.15) is 24.4 Å². The van der Waals surface area contributed by atoms with Crippen molar-refractivity contribution in [3.8, 4) is 0 Å². The number of ketones is 1. The van der Waals surface area contributed by atoms with Crippen molar-refractivity contribution in [1.82, 2.24) is 5.32 Å². The second kappa shape index (κ2) is 8.18. The summed E-state index contributed by atoms with van der Waals surface area (Å²) >= 11 is 0. The maximum atomic E-state index is 11.5. The van der Waals surface area contributed by atoms with E-state index in [1.807, 2.05) is 0 Å². The largest absolute Gasteiger partial charge is 0.480 e. The fraction of sp³-hybridized carbons (Fsp3) is 0.818. The maximum Gasteiger partial charge on any atom is 0.320 e. The first-order chi connectivity index (χ1) is 8.72. The molecule has 0 aromatic rings. The molecule has 0 bridgehead atoms. The number of rotatable bonds is 9. The number of aliphatic carboxylic acids is 1. The normalized spacial score (nSPS) is 17.8. The van der Waals surface area contributed by atoms with Crippen molar-refractivity contribution in [2.45, 2.75) is 38.2 Å². The van der Waals surface area contributed by atoms with E-state index in [-0.39, 0.29) is 5.92 Å². The SMILES string of the molecule is CC(C)C(NCC(=O)C(O)C(O)C(O)CO)C(=O)O. The van der Waals surface area contributed by atoms with Crippen LogP contribution in [0.25, 0.3) is 0 Å². The lowest BCUT2D eigenvalue weighted by Crippen LogP contribution is -2.49. The summed E-state index contributed by atoms with van der Waals surface area (Å²) in [5, 5.41) is 47.7. The molecule has 8 nitrogen and oxygen atoms in total. The number of hydrogen-bond donors (Lipinski definition) is 6. The van der Waals surface area contributed by atoms with Gasteiger partial charge >= 0.3 is 5.97 Å². The molecule has 0 aliphatic rings. The molecule has 0 radical (unpaired) electrons. The van der Waals surface area contributed by atoms with Crippen LogP contribution < -0.4 is 5.32 Å². The Kier molecular flexibility index (Phi) is 7.72. The summed E-state index contributed by atoms with van der Waals surface area (Å²) in [7, 11) is 0. The molecule has 0 amide bonds. The van der Waals surface area contributed by atoms with Crippen LogP contribution in [0.2, 0.25) is 0 Å². The van der Waals surface area contributed by atoms with E-state index in [2.05, 4.69) is 5.32 Å². The number of Topliss-reactive ketones (excluding diaryl/α,β-unsaturated/α-hetero) is 1. The van der Waals surface area contributed by atoms with E-state index >= 15 is 0 Å². The van der Waals surface area contributed by atoms with Gasteiger partial charge in [-0.15, -0.1) is 0 Å². The highest BCUT2D eigenvalue weighted by molar-refractivity contribution is 5.86. The van der Waals surface area contributed by atoms with Gasteiger partial charge in [0.05, 0.1) is 13.2 Å². The topological polar surface area (TPSA) is 147 Å². The number of carbonyl (C=O) groups is 2. The quantitative estimate of drug-likeness (QED) is 0.268. The van der Waals surface area contributed by atoms with Gasteiger partial charge in [-0.2, -0.15) is 0 Å². The third-order valence-corrected chi connectivity index (χ3v) is 2.66. The number of carbonyl (C=O) groups excluding carboxylic acids is 1. The van der Waals surface area contributed by atoms with Crippen LogP contribution in [-0.4, -0.2) is 74.8 Å². The third kappa shape index (κ3) is 5.62. The van der Waals surface area contributed by atoms with Crippen molar-refractivity contribution in [2.75, 3.05) is 13.2 Å². The minimum absolute atomic E-state index is 0.268. The monoisotopic (exact) mass is 279 g/mol. The van der Waals surface area contributed by atoms with Crippen molar-refractivity contribution in [1.29, 1.82) is 0 Å². The summed E-state index contributed by atoms with van der Waals surface area (Å²) in [5.74, 6) is -2.27. The minimum Gasteiger partial charge on any atom is -0.480 e. The number of carboxylic acids is 1. The summed E-state index contributed by atoms with van der Waals surface area (Å²) in [6.07, 6.45) is -5.35. The summed E-state index contributed by atoms with van der Waals surface area (Å²) in [5.41, 5.74) is 0. The second-order valence-electron chi connectivity index (χ2n) is 4.59. The zero-order valence-corrected chi connectivity index (χ0v) is 10.9. The lowest BCUT2D eigenvalue weighted by Gasteiger charge is -2.22.